The van der Waals surface area contributed by atoms with Gasteiger partial charge in [-0.15, -0.1) is 79.3 Å². The summed E-state index contributed by atoms with van der Waals surface area (Å²) in [4.78, 5) is 59.6. The molecule has 0 saturated heterocycles. The van der Waals surface area contributed by atoms with Crippen molar-refractivity contribution in [2.75, 3.05) is 197 Å². The molecule has 690 valence electrons. The summed E-state index contributed by atoms with van der Waals surface area (Å²) in [7, 11) is 0. The fraction of sp³-hybridized carbons (Fsp3) is 0.889. The minimum atomic E-state index is -1.75. The van der Waals surface area contributed by atoms with Crippen molar-refractivity contribution in [3.8, 4) is 36.4 Å². The molecule has 60 heteroatoms. The fourth-order valence-corrected chi connectivity index (χ4v) is 5.56. The van der Waals surface area contributed by atoms with Gasteiger partial charge in [-0.25, -0.2) is 0 Å². The van der Waals surface area contributed by atoms with Gasteiger partial charge in [0.25, 0.3) is 0 Å². The van der Waals surface area contributed by atoms with Crippen molar-refractivity contribution in [2.45, 2.75) is 120 Å². The van der Waals surface area contributed by atoms with Crippen LogP contribution in [0.3, 0.4) is 0 Å². The zero-order valence-electron chi connectivity index (χ0n) is 64.6. The molecule has 0 spiro atoms. The van der Waals surface area contributed by atoms with Crippen LogP contribution in [-0.2, 0) is 0 Å². The van der Waals surface area contributed by atoms with E-state index in [0.29, 0.717) is 118 Å². The first-order valence-electron chi connectivity index (χ1n) is 30.2. The molecule has 0 amide bonds. The molecule has 6 radical (unpaired) electrons. The van der Waals surface area contributed by atoms with Crippen molar-refractivity contribution < 1.29 is 351 Å². The third-order valence-electron chi connectivity index (χ3n) is 8.02. The third kappa shape index (κ3) is 386. The Balaban J connectivity index is -0.0000000349. The summed E-state index contributed by atoms with van der Waals surface area (Å²) in [6.07, 6.45) is -2.79. The maximum atomic E-state index is 10.2. The van der Waals surface area contributed by atoms with Gasteiger partial charge < -0.3 is 213 Å². The third-order valence-corrected chi connectivity index (χ3v) is 8.02. The predicted molar refractivity (Wildman–Crippen MR) is 357 cm³/mol. The van der Waals surface area contributed by atoms with E-state index in [4.69, 9.17) is 154 Å². The van der Waals surface area contributed by atoms with Crippen molar-refractivity contribution in [3.05, 3.63) is 91.9 Å². The van der Waals surface area contributed by atoms with Gasteiger partial charge in [0.15, 0.2) is 0 Å². The van der Waals surface area contributed by atoms with E-state index < -0.39 is 67.1 Å². The van der Waals surface area contributed by atoms with E-state index in [2.05, 4.69) is 0 Å². The Morgan fingerprint density at radius 1 is 0.219 bits per heavy atom. The standard InChI is InChI=1S/6C7H15NO3.6C2H3N.6Dy.6NO3/c6*1-7(11)6-8(2-4-9)3-5-10;6*1-2-3;;;;;;;6*2-1(3)4/h6*7,11H,2-6H2,1H3;6*1H3;;;;;;;;;;;;/q6*-2;;;;;;;6*+3;6*-1/t6*7-;;;;;;;;;;;;;;;;;;/m111000................../s1. The largest absolute Gasteiger partial charge is 3.00 e. The summed E-state index contributed by atoms with van der Waals surface area (Å²) in [5.41, 5.74) is 0. The van der Waals surface area contributed by atoms with Crippen LogP contribution < -0.4 is 61.3 Å². The van der Waals surface area contributed by atoms with E-state index in [1.165, 1.54) is 41.5 Å². The van der Waals surface area contributed by atoms with Crippen LogP contribution in [0, 0.1) is 389 Å². The quantitative estimate of drug-likeness (QED) is 0.0251. The van der Waals surface area contributed by atoms with Crippen molar-refractivity contribution in [1.29, 1.82) is 31.6 Å². The Morgan fingerprint density at radius 3 is 0.289 bits per heavy atom. The molecule has 0 heterocycles. The zero-order valence-corrected chi connectivity index (χ0v) is 76.7. The van der Waals surface area contributed by atoms with Crippen molar-refractivity contribution in [2.24, 2.45) is 0 Å². The van der Waals surface area contributed by atoms with Crippen LogP contribution in [-0.4, -0.2) is 324 Å². The van der Waals surface area contributed by atoms with Crippen LogP contribution in [0.15, 0.2) is 0 Å². The zero-order chi connectivity index (χ0) is 89.8. The van der Waals surface area contributed by atoms with Crippen LogP contribution in [0.4, 0.5) is 0 Å². The van der Waals surface area contributed by atoms with Crippen LogP contribution in [0.1, 0.15) is 83.1 Å². The van der Waals surface area contributed by atoms with E-state index in [1.807, 2.05) is 0 Å². The molecule has 0 rings (SSSR count). The summed E-state index contributed by atoms with van der Waals surface area (Å²) < 4.78 is 0. The van der Waals surface area contributed by atoms with Crippen LogP contribution in [0.5, 0.6) is 0 Å². The molecular formula is C54H108Dy6N18O36. The monoisotopic (exact) mass is 2570 g/mol. The number of aliphatic hydroxyl groups is 6. The van der Waals surface area contributed by atoms with Gasteiger partial charge in [-0.3, -0.25) is 0 Å². The van der Waals surface area contributed by atoms with Gasteiger partial charge in [-0.2, -0.15) is 31.6 Å². The number of hydrogen-bond acceptors (Lipinski definition) is 48. The second-order valence-electron chi connectivity index (χ2n) is 18.0. The number of nitrogens with zero attached hydrogens (tertiary/aromatic N) is 18. The maximum absolute atomic E-state index is 10.2. The van der Waals surface area contributed by atoms with Gasteiger partial charge in [0, 0.05) is 80.8 Å². The molecule has 0 aliphatic carbocycles. The molecule has 0 unspecified atom stereocenters. The Kier molecular flexibility index (Phi) is 273. The molecule has 0 fully saturated rings. The van der Waals surface area contributed by atoms with Crippen LogP contribution in [0.25, 0.3) is 0 Å². The number of aliphatic hydroxyl groups excluding tert-OH is 6. The molecule has 0 bridgehead atoms. The molecule has 0 aromatic carbocycles. The van der Waals surface area contributed by atoms with E-state index in [-0.39, 0.29) is 308 Å². The molecule has 0 aromatic heterocycles. The topological polar surface area (TPSA) is 957 Å². The van der Waals surface area contributed by atoms with Gasteiger partial charge >= 0.3 is 229 Å². The smallest absolute Gasteiger partial charge is 0.854 e. The summed E-state index contributed by atoms with van der Waals surface area (Å²) in [5, 5.41) is 308. The minimum absolute atomic E-state index is 0. The Morgan fingerprint density at radius 2 is 0.263 bits per heavy atom. The molecule has 0 saturated carbocycles. The molecule has 0 aliphatic rings. The van der Waals surface area contributed by atoms with Gasteiger partial charge in [-0.1, -0.05) is 0 Å². The average molecular weight is 2560 g/mol. The molecule has 6 atom stereocenters. The number of nitriles is 6. The fourth-order valence-electron chi connectivity index (χ4n) is 5.56. The Labute approximate surface area is 846 Å². The normalized spacial score (nSPS) is 9.74. The predicted octanol–water partition coefficient (Wildman–Crippen LogP) is -13.9. The average Bonchev–Trinajstić information content (AvgIpc) is 1.05. The first-order chi connectivity index (χ1) is 50.1. The first kappa shape index (κ1) is 179. The minimum Gasteiger partial charge on any atom is -0.854 e. The molecule has 54 nitrogen and oxygen atoms in total. The van der Waals surface area contributed by atoms with Crippen LogP contribution in [0.2, 0.25) is 0 Å². The Bertz CT molecular complexity index is 1640. The maximum Gasteiger partial charge on any atom is 3.00 e. The number of hydrogen-bond donors (Lipinski definition) is 6. The second kappa shape index (κ2) is 174. The van der Waals surface area contributed by atoms with Crippen LogP contribution >= 0.6 is 0 Å². The summed E-state index contributed by atoms with van der Waals surface area (Å²) >= 11 is 0. The SMILES string of the molecule is CC#N.CC#N.CC#N.CC#N.CC#N.CC#N.C[C@@H](O)CN(CC[O-])CC[O-].C[C@@H](O)CN(CC[O-])CC[O-].C[C@@H](O)CN(CC[O-])CC[O-].C[C@H](O)CN(CC[O-])CC[O-].C[C@H](O)CN(CC[O-])CC[O-].C[C@H](O)CN(CC[O-])CC[O-].O=[N+]([O-])[O-].O=[N+]([O-])[O-].O=[N+]([O-])[O-].O=[N+]([O-])[O-].O=[N+]([O-])[O-].O=[N+]([O-])[O-].[Dy+3].[Dy+3].[Dy+3].[Dy+3].[Dy+3].[Dy+3]. The molecule has 0 aromatic rings. The van der Waals surface area contributed by atoms with Gasteiger partial charge in [0.1, 0.15) is 0 Å². The molecular weight excluding hydrogens is 2450 g/mol. The second-order valence-corrected chi connectivity index (χ2v) is 18.0. The summed E-state index contributed by atoms with van der Waals surface area (Å²) in [5.74, 6) is 0. The van der Waals surface area contributed by atoms with E-state index in [9.17, 15) is 61.3 Å². The van der Waals surface area contributed by atoms with Crippen molar-refractivity contribution in [1.82, 2.24) is 29.4 Å². The van der Waals surface area contributed by atoms with Gasteiger partial charge in [0.05, 0.1) is 104 Å². The van der Waals surface area contributed by atoms with Gasteiger partial charge in [0.2, 0.25) is 0 Å². The first-order valence-corrected chi connectivity index (χ1v) is 30.2. The Hall–Kier alpha value is -1.18. The number of rotatable bonds is 36. The van der Waals surface area contributed by atoms with E-state index in [1.54, 1.807) is 107 Å². The summed E-state index contributed by atoms with van der Waals surface area (Å²) in [6.45, 7) is 22.6. The summed E-state index contributed by atoms with van der Waals surface area (Å²) in [6, 6.07) is 10.5. The van der Waals surface area contributed by atoms with Crippen molar-refractivity contribution >= 4 is 0 Å². The van der Waals surface area contributed by atoms with E-state index in [0.717, 1.165) is 0 Å². The van der Waals surface area contributed by atoms with E-state index >= 15 is 0 Å². The molecule has 114 heavy (non-hydrogen) atoms. The molecule has 6 N–H and O–H groups in total. The van der Waals surface area contributed by atoms with Crippen molar-refractivity contribution in [3.63, 3.8) is 0 Å². The molecule has 0 aliphatic heterocycles. The van der Waals surface area contributed by atoms with Gasteiger partial charge in [-0.05, 0) is 120 Å².